The maximum absolute atomic E-state index is 11.4. The molecule has 0 saturated heterocycles. The van der Waals surface area contributed by atoms with Crippen LogP contribution >= 0.6 is 0 Å². The Bertz CT molecular complexity index is 261. The molecular formula is C10H15NO. The van der Waals surface area contributed by atoms with Crippen LogP contribution in [0, 0.1) is 0 Å². The normalized spacial score (nSPS) is 18.2. The Hall–Kier alpha value is -0.890. The second-order valence-electron chi connectivity index (χ2n) is 3.15. The molecule has 1 aliphatic carbocycles. The van der Waals surface area contributed by atoms with Gasteiger partial charge in [0.1, 0.15) is 0 Å². The quantitative estimate of drug-likeness (QED) is 0.675. The van der Waals surface area contributed by atoms with E-state index in [0.717, 1.165) is 23.1 Å². The van der Waals surface area contributed by atoms with Crippen molar-refractivity contribution in [1.82, 2.24) is 0 Å². The summed E-state index contributed by atoms with van der Waals surface area (Å²) < 4.78 is 0. The van der Waals surface area contributed by atoms with E-state index in [1.165, 1.54) is 0 Å². The standard InChI is InChI=1S/C10H15NO/c1-3-8-4-7(2)5-10(12)9(8)6-11/h4H,3,5-6,11H2,1-2H3. The highest BCUT2D eigenvalue weighted by Gasteiger charge is 2.16. The summed E-state index contributed by atoms with van der Waals surface area (Å²) in [5, 5.41) is 0. The number of Topliss-reactive ketones (excluding diaryl/α,β-unsaturated/α-hetero) is 1. The van der Waals surface area contributed by atoms with Crippen molar-refractivity contribution < 1.29 is 4.79 Å². The predicted molar refractivity (Wildman–Crippen MR) is 49.8 cm³/mol. The predicted octanol–water partition coefficient (Wildman–Crippen LogP) is 1.57. The van der Waals surface area contributed by atoms with Crippen LogP contribution in [0.1, 0.15) is 26.7 Å². The van der Waals surface area contributed by atoms with Gasteiger partial charge in [-0.15, -0.1) is 0 Å². The average molecular weight is 165 g/mol. The van der Waals surface area contributed by atoms with Gasteiger partial charge in [-0.2, -0.15) is 0 Å². The molecule has 0 aromatic carbocycles. The Morgan fingerprint density at radius 1 is 1.58 bits per heavy atom. The van der Waals surface area contributed by atoms with Gasteiger partial charge < -0.3 is 5.73 Å². The van der Waals surface area contributed by atoms with Crippen LogP contribution in [-0.2, 0) is 4.79 Å². The molecule has 0 spiro atoms. The van der Waals surface area contributed by atoms with Gasteiger partial charge in [-0.1, -0.05) is 18.6 Å². The van der Waals surface area contributed by atoms with E-state index in [-0.39, 0.29) is 5.78 Å². The van der Waals surface area contributed by atoms with Gasteiger partial charge in [0.2, 0.25) is 0 Å². The van der Waals surface area contributed by atoms with E-state index in [2.05, 4.69) is 6.08 Å². The fourth-order valence-corrected chi connectivity index (χ4v) is 1.53. The number of rotatable bonds is 2. The summed E-state index contributed by atoms with van der Waals surface area (Å²) in [6, 6.07) is 0. The molecule has 0 aromatic heterocycles. The lowest BCUT2D eigenvalue weighted by atomic mass is 9.90. The van der Waals surface area contributed by atoms with E-state index in [1.54, 1.807) is 0 Å². The van der Waals surface area contributed by atoms with Gasteiger partial charge in [0.25, 0.3) is 0 Å². The highest BCUT2D eigenvalue weighted by molar-refractivity contribution is 5.99. The van der Waals surface area contributed by atoms with Crippen molar-refractivity contribution in [2.45, 2.75) is 26.7 Å². The molecule has 0 aromatic rings. The van der Waals surface area contributed by atoms with E-state index in [9.17, 15) is 4.79 Å². The lowest BCUT2D eigenvalue weighted by Gasteiger charge is -2.15. The Balaban J connectivity index is 3.04. The molecule has 2 N–H and O–H groups in total. The summed E-state index contributed by atoms with van der Waals surface area (Å²) in [5.74, 6) is 0.203. The first-order valence-electron chi connectivity index (χ1n) is 4.31. The summed E-state index contributed by atoms with van der Waals surface area (Å²) in [4.78, 5) is 11.4. The second-order valence-corrected chi connectivity index (χ2v) is 3.15. The number of carbonyl (C=O) groups excluding carboxylic acids is 1. The minimum atomic E-state index is 0.203. The highest BCUT2D eigenvalue weighted by atomic mass is 16.1. The van der Waals surface area contributed by atoms with Crippen LogP contribution in [0.5, 0.6) is 0 Å². The molecule has 0 aliphatic heterocycles. The smallest absolute Gasteiger partial charge is 0.164 e. The van der Waals surface area contributed by atoms with E-state index < -0.39 is 0 Å². The average Bonchev–Trinajstić information content (AvgIpc) is 2.03. The highest BCUT2D eigenvalue weighted by Crippen LogP contribution is 2.22. The zero-order valence-electron chi connectivity index (χ0n) is 7.68. The monoisotopic (exact) mass is 165 g/mol. The molecule has 0 unspecified atom stereocenters. The molecule has 2 nitrogen and oxygen atoms in total. The SMILES string of the molecule is CCC1=C(CN)C(=O)CC(C)=C1. The van der Waals surface area contributed by atoms with Crippen LogP contribution in [0.3, 0.4) is 0 Å². The molecule has 0 radical (unpaired) electrons. The Morgan fingerprint density at radius 3 is 2.75 bits per heavy atom. The Labute approximate surface area is 73.1 Å². The molecule has 0 atom stereocenters. The second kappa shape index (κ2) is 3.68. The van der Waals surface area contributed by atoms with Crippen molar-refractivity contribution in [2.75, 3.05) is 6.54 Å². The van der Waals surface area contributed by atoms with Crippen molar-refractivity contribution >= 4 is 5.78 Å². The van der Waals surface area contributed by atoms with Gasteiger partial charge in [0, 0.05) is 18.5 Å². The molecule has 0 amide bonds. The molecule has 0 bridgehead atoms. The van der Waals surface area contributed by atoms with Gasteiger partial charge in [-0.3, -0.25) is 4.79 Å². The minimum Gasteiger partial charge on any atom is -0.326 e. The summed E-state index contributed by atoms with van der Waals surface area (Å²) >= 11 is 0. The molecule has 2 heteroatoms. The topological polar surface area (TPSA) is 43.1 Å². The Kier molecular flexibility index (Phi) is 2.82. The van der Waals surface area contributed by atoms with Crippen molar-refractivity contribution in [3.63, 3.8) is 0 Å². The molecule has 0 saturated carbocycles. The van der Waals surface area contributed by atoms with Crippen molar-refractivity contribution in [2.24, 2.45) is 5.73 Å². The molecule has 1 aliphatic rings. The van der Waals surface area contributed by atoms with Crippen LogP contribution < -0.4 is 5.73 Å². The van der Waals surface area contributed by atoms with Gasteiger partial charge in [0.05, 0.1) is 0 Å². The Morgan fingerprint density at radius 2 is 2.25 bits per heavy atom. The van der Waals surface area contributed by atoms with E-state index in [1.807, 2.05) is 13.8 Å². The lowest BCUT2D eigenvalue weighted by molar-refractivity contribution is -0.115. The zero-order chi connectivity index (χ0) is 9.14. The molecular weight excluding hydrogens is 150 g/mol. The molecule has 0 heterocycles. The summed E-state index contributed by atoms with van der Waals surface area (Å²) in [5.41, 5.74) is 8.58. The van der Waals surface area contributed by atoms with Crippen LogP contribution in [0.15, 0.2) is 22.8 Å². The minimum absolute atomic E-state index is 0.203. The number of ketones is 1. The van der Waals surface area contributed by atoms with E-state index in [4.69, 9.17) is 5.73 Å². The first-order chi connectivity index (χ1) is 5.69. The van der Waals surface area contributed by atoms with Crippen LogP contribution in [0.25, 0.3) is 0 Å². The van der Waals surface area contributed by atoms with Crippen molar-refractivity contribution in [3.8, 4) is 0 Å². The van der Waals surface area contributed by atoms with Gasteiger partial charge in [-0.25, -0.2) is 0 Å². The first-order valence-corrected chi connectivity index (χ1v) is 4.31. The van der Waals surface area contributed by atoms with Crippen molar-refractivity contribution in [3.05, 3.63) is 22.8 Å². The molecule has 1 rings (SSSR count). The number of carbonyl (C=O) groups is 1. The van der Waals surface area contributed by atoms with Crippen molar-refractivity contribution in [1.29, 1.82) is 0 Å². The number of hydrogen-bond donors (Lipinski definition) is 1. The van der Waals surface area contributed by atoms with Crippen LogP contribution in [-0.4, -0.2) is 12.3 Å². The number of nitrogens with two attached hydrogens (primary N) is 1. The van der Waals surface area contributed by atoms with Gasteiger partial charge in [0.15, 0.2) is 5.78 Å². The third kappa shape index (κ3) is 1.64. The fourth-order valence-electron chi connectivity index (χ4n) is 1.53. The largest absolute Gasteiger partial charge is 0.326 e. The van der Waals surface area contributed by atoms with Crippen LogP contribution in [0.4, 0.5) is 0 Å². The maximum atomic E-state index is 11.4. The molecule has 66 valence electrons. The zero-order valence-corrected chi connectivity index (χ0v) is 7.68. The first kappa shape index (κ1) is 9.20. The number of allylic oxidation sites excluding steroid dienone is 3. The summed E-state index contributed by atoms with van der Waals surface area (Å²) in [6.45, 7) is 4.42. The number of hydrogen-bond acceptors (Lipinski definition) is 2. The van der Waals surface area contributed by atoms with E-state index >= 15 is 0 Å². The maximum Gasteiger partial charge on any atom is 0.164 e. The third-order valence-corrected chi connectivity index (χ3v) is 2.17. The lowest BCUT2D eigenvalue weighted by Crippen LogP contribution is -2.18. The van der Waals surface area contributed by atoms with Gasteiger partial charge >= 0.3 is 0 Å². The third-order valence-electron chi connectivity index (χ3n) is 2.17. The molecule has 12 heavy (non-hydrogen) atoms. The van der Waals surface area contributed by atoms with E-state index in [0.29, 0.717) is 13.0 Å². The summed E-state index contributed by atoms with van der Waals surface area (Å²) in [7, 11) is 0. The molecule has 0 fully saturated rings. The summed E-state index contributed by atoms with van der Waals surface area (Å²) in [6.07, 6.45) is 3.54. The van der Waals surface area contributed by atoms with Gasteiger partial charge in [-0.05, 0) is 18.9 Å². The fraction of sp³-hybridized carbons (Fsp3) is 0.500. The van der Waals surface area contributed by atoms with Crippen LogP contribution in [0.2, 0.25) is 0 Å².